The van der Waals surface area contributed by atoms with Crippen LogP contribution >= 0.6 is 11.6 Å². The minimum absolute atomic E-state index is 0.0140. The standard InChI is InChI=1S/C30H30ClN5O5/c1-2-21-23(37)24(38)29(41-21)35-17-32-22-26(33-20-15-9-10-16-20)34-30(31,25(39)18-11-5-3-6-12-18)36(27(22)35)28(40)19-13-7-4-8-14-19/h2-8,11-14,17,20-21,23-24,29,37-38H,1,9-10,15-16H2,(H,33,34)/t21-,23?,24?,29-,30?/m1/s1. The number of aromatic nitrogens is 2. The van der Waals surface area contributed by atoms with Crippen LogP contribution in [0.25, 0.3) is 0 Å². The summed E-state index contributed by atoms with van der Waals surface area (Å²) in [6.07, 6.45) is 1.89. The van der Waals surface area contributed by atoms with E-state index in [9.17, 15) is 19.8 Å². The number of benzene rings is 2. The number of nitrogens with zero attached hydrogens (tertiary/aromatic N) is 4. The van der Waals surface area contributed by atoms with Crippen molar-refractivity contribution in [3.05, 3.63) is 96.5 Å². The van der Waals surface area contributed by atoms with Gasteiger partial charge in [0.15, 0.2) is 17.9 Å². The summed E-state index contributed by atoms with van der Waals surface area (Å²) in [6.45, 7) is 3.68. The van der Waals surface area contributed by atoms with Gasteiger partial charge >= 0.3 is 0 Å². The molecule has 1 saturated heterocycles. The molecule has 0 spiro atoms. The lowest BCUT2D eigenvalue weighted by molar-refractivity contribution is -0.0259. The van der Waals surface area contributed by atoms with Crippen molar-refractivity contribution in [2.24, 2.45) is 4.99 Å². The predicted molar refractivity (Wildman–Crippen MR) is 153 cm³/mol. The first kappa shape index (κ1) is 27.3. The van der Waals surface area contributed by atoms with E-state index in [0.29, 0.717) is 0 Å². The van der Waals surface area contributed by atoms with Gasteiger partial charge in [0.25, 0.3) is 11.0 Å². The van der Waals surface area contributed by atoms with Gasteiger partial charge in [-0.3, -0.25) is 19.1 Å². The fraction of sp³-hybridized carbons (Fsp3) is 0.333. The average Bonchev–Trinajstić information content (AvgIpc) is 3.74. The maximum absolute atomic E-state index is 14.3. The van der Waals surface area contributed by atoms with Gasteiger partial charge in [-0.25, -0.2) is 9.88 Å². The Balaban J connectivity index is 1.58. The minimum atomic E-state index is -2.16. The Kier molecular flexibility index (Phi) is 7.25. The number of fused-ring (bicyclic) bond motifs is 1. The summed E-state index contributed by atoms with van der Waals surface area (Å²) in [4.78, 5) is 39.1. The molecule has 10 nitrogen and oxygen atoms in total. The van der Waals surface area contributed by atoms with Crippen LogP contribution in [0.4, 0.5) is 5.82 Å². The largest absolute Gasteiger partial charge is 0.387 e. The number of amidine groups is 1. The second-order valence-corrected chi connectivity index (χ2v) is 10.9. The number of carbonyl (C=O) groups excluding carboxylic acids is 2. The molecule has 1 amide bonds. The van der Waals surface area contributed by atoms with Gasteiger partial charge in [-0.15, -0.1) is 6.58 Å². The van der Waals surface area contributed by atoms with Gasteiger partial charge in [-0.05, 0) is 25.0 Å². The molecule has 3 N–H and O–H groups in total. The number of ether oxygens (including phenoxy) is 1. The van der Waals surface area contributed by atoms with Gasteiger partial charge in [-0.1, -0.05) is 79.0 Å². The van der Waals surface area contributed by atoms with Crippen LogP contribution in [-0.4, -0.2) is 66.8 Å². The van der Waals surface area contributed by atoms with Crippen LogP contribution in [0.2, 0.25) is 0 Å². The monoisotopic (exact) mass is 575 g/mol. The Morgan fingerprint density at radius 1 is 1.05 bits per heavy atom. The number of carbonyl (C=O) groups is 2. The zero-order valence-electron chi connectivity index (χ0n) is 22.1. The van der Waals surface area contributed by atoms with E-state index in [4.69, 9.17) is 21.3 Å². The zero-order valence-corrected chi connectivity index (χ0v) is 22.9. The molecule has 5 atom stereocenters. The summed E-state index contributed by atoms with van der Waals surface area (Å²) in [5, 5.41) is 22.5. The lowest BCUT2D eigenvalue weighted by Crippen LogP contribution is -2.67. The maximum atomic E-state index is 14.3. The minimum Gasteiger partial charge on any atom is -0.387 e. The van der Waals surface area contributed by atoms with Crippen molar-refractivity contribution in [2.45, 2.75) is 61.4 Å². The molecule has 2 fully saturated rings. The van der Waals surface area contributed by atoms with E-state index < -0.39 is 41.4 Å². The molecule has 41 heavy (non-hydrogen) atoms. The molecule has 0 bridgehead atoms. The molecule has 0 radical (unpaired) electrons. The average molecular weight is 576 g/mol. The second kappa shape index (κ2) is 10.9. The van der Waals surface area contributed by atoms with Gasteiger partial charge < -0.3 is 20.3 Å². The molecule has 1 saturated carbocycles. The van der Waals surface area contributed by atoms with Gasteiger partial charge in [0.1, 0.15) is 24.0 Å². The number of hydrogen-bond donors (Lipinski definition) is 3. The topological polar surface area (TPSA) is 129 Å². The van der Waals surface area contributed by atoms with Crippen molar-refractivity contribution < 1.29 is 24.5 Å². The number of imidazole rings is 1. The van der Waals surface area contributed by atoms with E-state index in [1.807, 2.05) is 0 Å². The molecule has 3 unspecified atom stereocenters. The number of aliphatic hydroxyl groups is 2. The highest BCUT2D eigenvalue weighted by Crippen LogP contribution is 2.42. The number of Topliss-reactive ketones (excluding diaryl/α,β-unsaturated/α-hetero) is 1. The van der Waals surface area contributed by atoms with E-state index in [1.165, 1.54) is 17.0 Å². The fourth-order valence-corrected chi connectivity index (χ4v) is 6.01. The highest BCUT2D eigenvalue weighted by molar-refractivity contribution is 6.44. The Labute approximate surface area is 241 Å². The lowest BCUT2D eigenvalue weighted by atomic mass is 10.0. The van der Waals surface area contributed by atoms with E-state index >= 15 is 0 Å². The number of halogens is 1. The Morgan fingerprint density at radius 2 is 1.68 bits per heavy atom. The Hall–Kier alpha value is -3.83. The number of aliphatic hydroxyl groups excluding tert-OH is 2. The van der Waals surface area contributed by atoms with Crippen LogP contribution < -0.4 is 10.2 Å². The lowest BCUT2D eigenvalue weighted by Gasteiger charge is -2.43. The van der Waals surface area contributed by atoms with Gasteiger partial charge in [0.2, 0.25) is 5.78 Å². The Morgan fingerprint density at radius 3 is 2.29 bits per heavy atom. The molecule has 2 aromatic carbocycles. The van der Waals surface area contributed by atoms with Crippen molar-refractivity contribution in [1.29, 1.82) is 0 Å². The molecule has 3 heterocycles. The quantitative estimate of drug-likeness (QED) is 0.178. The normalized spacial score (nSPS) is 28.9. The van der Waals surface area contributed by atoms with Crippen LogP contribution in [0.5, 0.6) is 0 Å². The predicted octanol–water partition coefficient (Wildman–Crippen LogP) is 3.40. The molecule has 11 heteroatoms. The third kappa shape index (κ3) is 4.66. The summed E-state index contributed by atoms with van der Waals surface area (Å²) in [7, 11) is 0. The second-order valence-electron chi connectivity index (χ2n) is 10.4. The van der Waals surface area contributed by atoms with Gasteiger partial charge in [0, 0.05) is 11.1 Å². The molecule has 3 aromatic rings. The smallest absolute Gasteiger partial charge is 0.263 e. The number of anilines is 1. The van der Waals surface area contributed by atoms with Crippen LogP contribution in [0, 0.1) is 0 Å². The molecule has 212 valence electrons. The van der Waals surface area contributed by atoms with Crippen LogP contribution in [0.1, 0.15) is 58.3 Å². The molecule has 3 aliphatic rings. The summed E-state index contributed by atoms with van der Waals surface area (Å²) < 4.78 is 7.36. The molecular formula is C30H30ClN5O5. The van der Waals surface area contributed by atoms with Gasteiger partial charge in [-0.2, -0.15) is 0 Å². The molecule has 6 rings (SSSR count). The first-order valence-corrected chi connectivity index (χ1v) is 14.0. The van der Waals surface area contributed by atoms with Crippen LogP contribution in [0.3, 0.4) is 0 Å². The van der Waals surface area contributed by atoms with Crippen LogP contribution in [0.15, 0.2) is 84.6 Å². The maximum Gasteiger partial charge on any atom is 0.263 e. The number of nitrogens with one attached hydrogen (secondary N) is 1. The van der Waals surface area contributed by atoms with Gasteiger partial charge in [0.05, 0.1) is 12.4 Å². The van der Waals surface area contributed by atoms with Crippen molar-refractivity contribution >= 4 is 34.9 Å². The molecule has 1 aliphatic carbocycles. The van der Waals surface area contributed by atoms with Crippen molar-refractivity contribution in [3.8, 4) is 0 Å². The van der Waals surface area contributed by atoms with E-state index in [0.717, 1.165) is 30.6 Å². The van der Waals surface area contributed by atoms with E-state index in [1.54, 1.807) is 60.7 Å². The highest BCUT2D eigenvalue weighted by atomic mass is 35.5. The number of amides is 1. The SMILES string of the molecule is C=C[C@H]1O[C@@H](n2cnc3c2N(C(=O)c2ccccc2)C(Cl)(C(=O)c2ccccc2)NC3=NC2CCCC2)C(O)C1O. The number of ketones is 1. The first-order chi connectivity index (χ1) is 19.8. The number of alkyl halides is 1. The van der Waals surface area contributed by atoms with E-state index in [-0.39, 0.29) is 34.5 Å². The van der Waals surface area contributed by atoms with Crippen molar-refractivity contribution in [1.82, 2.24) is 14.9 Å². The van der Waals surface area contributed by atoms with Crippen molar-refractivity contribution in [3.63, 3.8) is 0 Å². The Bertz CT molecular complexity index is 1490. The molecule has 2 aliphatic heterocycles. The van der Waals surface area contributed by atoms with E-state index in [2.05, 4.69) is 16.9 Å². The summed E-state index contributed by atoms with van der Waals surface area (Å²) in [6, 6.07) is 16.9. The molecule has 1 aromatic heterocycles. The third-order valence-corrected chi connectivity index (χ3v) is 8.21. The van der Waals surface area contributed by atoms with Crippen molar-refractivity contribution in [2.75, 3.05) is 4.90 Å². The summed E-state index contributed by atoms with van der Waals surface area (Å²) >= 11 is 7.29. The zero-order chi connectivity index (χ0) is 28.7. The summed E-state index contributed by atoms with van der Waals surface area (Å²) in [5.74, 6) is -0.808. The molecular weight excluding hydrogens is 546 g/mol. The number of aliphatic imine (C=N–C) groups is 1. The fourth-order valence-electron chi connectivity index (χ4n) is 5.65. The highest BCUT2D eigenvalue weighted by Gasteiger charge is 2.55. The number of rotatable bonds is 6. The third-order valence-electron chi connectivity index (χ3n) is 7.77. The first-order valence-electron chi connectivity index (χ1n) is 13.6. The summed E-state index contributed by atoms with van der Waals surface area (Å²) in [5.41, 5.74) is 0.813. The number of hydrogen-bond acceptors (Lipinski definition) is 7. The van der Waals surface area contributed by atoms with Crippen LogP contribution in [-0.2, 0) is 4.74 Å².